The van der Waals surface area contributed by atoms with Gasteiger partial charge in [0.05, 0.1) is 11.8 Å². The summed E-state index contributed by atoms with van der Waals surface area (Å²) in [7, 11) is 0. The number of ketones is 1. The summed E-state index contributed by atoms with van der Waals surface area (Å²) in [4.78, 5) is 16.6. The molecule has 1 atom stereocenters. The molecule has 0 fully saturated rings. The van der Waals surface area contributed by atoms with Crippen molar-refractivity contribution in [2.75, 3.05) is 5.75 Å². The van der Waals surface area contributed by atoms with E-state index in [0.29, 0.717) is 16.4 Å². The highest BCUT2D eigenvalue weighted by Crippen LogP contribution is 2.25. The van der Waals surface area contributed by atoms with E-state index in [4.69, 9.17) is 4.42 Å². The van der Waals surface area contributed by atoms with Gasteiger partial charge in [-0.2, -0.15) is 5.26 Å². The van der Waals surface area contributed by atoms with Gasteiger partial charge in [-0.3, -0.25) is 4.79 Å². The summed E-state index contributed by atoms with van der Waals surface area (Å²) in [6.07, 6.45) is 0. The van der Waals surface area contributed by atoms with Crippen molar-refractivity contribution in [3.63, 3.8) is 0 Å². The van der Waals surface area contributed by atoms with Crippen molar-refractivity contribution in [2.45, 2.75) is 11.1 Å². The molecule has 0 saturated heterocycles. The van der Waals surface area contributed by atoms with Gasteiger partial charge < -0.3 is 4.42 Å². The summed E-state index contributed by atoms with van der Waals surface area (Å²) in [5.74, 6) is -0.751. The molecular formula is C17H12N2O2S. The second-order valence-corrected chi connectivity index (χ2v) is 5.60. The standard InChI is InChI=1S/C17H12N2O2S/c18-10-13(12-6-2-1-3-7-12)15(20)11-22-17-19-14-8-4-5-9-16(14)21-17/h1-9,13H,11H2. The van der Waals surface area contributed by atoms with E-state index in [0.717, 1.165) is 5.52 Å². The second-order valence-electron chi connectivity index (χ2n) is 4.68. The molecule has 2 aromatic carbocycles. The van der Waals surface area contributed by atoms with E-state index in [2.05, 4.69) is 11.1 Å². The van der Waals surface area contributed by atoms with Crippen LogP contribution in [0.4, 0.5) is 0 Å². The molecule has 0 aliphatic carbocycles. The van der Waals surface area contributed by atoms with Crippen molar-refractivity contribution in [1.29, 1.82) is 5.26 Å². The number of nitriles is 1. The minimum atomic E-state index is -0.752. The van der Waals surface area contributed by atoms with Gasteiger partial charge in [0.1, 0.15) is 11.4 Å². The van der Waals surface area contributed by atoms with Crippen molar-refractivity contribution in [1.82, 2.24) is 4.98 Å². The van der Waals surface area contributed by atoms with Crippen molar-refractivity contribution in [3.05, 3.63) is 60.2 Å². The van der Waals surface area contributed by atoms with Crippen LogP contribution in [-0.4, -0.2) is 16.5 Å². The first kappa shape index (κ1) is 14.4. The normalized spacial score (nSPS) is 12.0. The van der Waals surface area contributed by atoms with Crippen LogP contribution in [0.15, 0.2) is 64.2 Å². The van der Waals surface area contributed by atoms with Gasteiger partial charge in [0, 0.05) is 0 Å². The topological polar surface area (TPSA) is 66.9 Å². The highest BCUT2D eigenvalue weighted by Gasteiger charge is 2.20. The Morgan fingerprint density at radius 1 is 1.18 bits per heavy atom. The zero-order valence-corrected chi connectivity index (χ0v) is 12.4. The Hall–Kier alpha value is -2.58. The fourth-order valence-corrected chi connectivity index (χ4v) is 2.85. The fraction of sp³-hybridized carbons (Fsp3) is 0.118. The van der Waals surface area contributed by atoms with Crippen LogP contribution in [0.1, 0.15) is 11.5 Å². The van der Waals surface area contributed by atoms with E-state index < -0.39 is 5.92 Å². The van der Waals surface area contributed by atoms with E-state index >= 15 is 0 Å². The van der Waals surface area contributed by atoms with Crippen molar-refractivity contribution >= 4 is 28.6 Å². The molecule has 4 nitrogen and oxygen atoms in total. The molecule has 0 aliphatic rings. The number of para-hydroxylation sites is 2. The van der Waals surface area contributed by atoms with E-state index in [-0.39, 0.29) is 11.5 Å². The van der Waals surface area contributed by atoms with E-state index in [1.165, 1.54) is 11.8 Å². The Kier molecular flexibility index (Phi) is 4.22. The second kappa shape index (κ2) is 6.46. The zero-order chi connectivity index (χ0) is 15.4. The van der Waals surface area contributed by atoms with Gasteiger partial charge in [-0.15, -0.1) is 0 Å². The maximum Gasteiger partial charge on any atom is 0.257 e. The molecule has 0 bridgehead atoms. The number of nitrogens with zero attached hydrogens (tertiary/aromatic N) is 2. The van der Waals surface area contributed by atoms with Crippen LogP contribution < -0.4 is 0 Å². The zero-order valence-electron chi connectivity index (χ0n) is 11.6. The first-order valence-electron chi connectivity index (χ1n) is 6.73. The third kappa shape index (κ3) is 3.02. The van der Waals surface area contributed by atoms with Crippen LogP contribution in [0, 0.1) is 11.3 Å². The van der Waals surface area contributed by atoms with Gasteiger partial charge in [-0.05, 0) is 17.7 Å². The van der Waals surface area contributed by atoms with Crippen LogP contribution in [0.2, 0.25) is 0 Å². The average molecular weight is 308 g/mol. The average Bonchev–Trinajstić information content (AvgIpc) is 2.97. The third-order valence-corrected chi connectivity index (χ3v) is 4.05. The summed E-state index contributed by atoms with van der Waals surface area (Å²) < 4.78 is 5.55. The molecule has 0 aliphatic heterocycles. The van der Waals surface area contributed by atoms with E-state index in [9.17, 15) is 10.1 Å². The molecule has 1 unspecified atom stereocenters. The van der Waals surface area contributed by atoms with Crippen LogP contribution in [0.25, 0.3) is 11.1 Å². The number of carbonyl (C=O) groups is 1. The van der Waals surface area contributed by atoms with Crippen LogP contribution in [0.3, 0.4) is 0 Å². The molecule has 0 radical (unpaired) electrons. The monoisotopic (exact) mass is 308 g/mol. The van der Waals surface area contributed by atoms with Gasteiger partial charge in [0.2, 0.25) is 0 Å². The van der Waals surface area contributed by atoms with Crippen LogP contribution in [0.5, 0.6) is 0 Å². The van der Waals surface area contributed by atoms with E-state index in [1.807, 2.05) is 42.5 Å². The molecule has 108 valence electrons. The molecule has 0 spiro atoms. The first-order chi connectivity index (χ1) is 10.8. The lowest BCUT2D eigenvalue weighted by molar-refractivity contribution is -0.116. The number of hydrogen-bond donors (Lipinski definition) is 0. The maximum absolute atomic E-state index is 12.3. The molecule has 5 heteroatoms. The molecule has 1 aromatic heterocycles. The number of thioether (sulfide) groups is 1. The maximum atomic E-state index is 12.3. The minimum Gasteiger partial charge on any atom is -0.431 e. The van der Waals surface area contributed by atoms with Gasteiger partial charge >= 0.3 is 0 Å². The molecule has 0 N–H and O–H groups in total. The molecule has 1 heterocycles. The van der Waals surface area contributed by atoms with Gasteiger partial charge in [0.15, 0.2) is 11.4 Å². The number of Topliss-reactive ketones (excluding diaryl/α,β-unsaturated/α-hetero) is 1. The smallest absolute Gasteiger partial charge is 0.257 e. The Labute approximate surface area is 131 Å². The Morgan fingerprint density at radius 2 is 1.91 bits per heavy atom. The Balaban J connectivity index is 1.70. The third-order valence-electron chi connectivity index (χ3n) is 3.20. The lowest BCUT2D eigenvalue weighted by Gasteiger charge is -2.06. The molecule has 0 saturated carbocycles. The predicted octanol–water partition coefficient (Wildman–Crippen LogP) is 3.80. The lowest BCUT2D eigenvalue weighted by Crippen LogP contribution is -2.13. The number of aromatic nitrogens is 1. The number of hydrogen-bond acceptors (Lipinski definition) is 5. The quantitative estimate of drug-likeness (QED) is 0.671. The van der Waals surface area contributed by atoms with Gasteiger partial charge in [-0.1, -0.05) is 54.2 Å². The number of rotatable bonds is 5. The summed E-state index contributed by atoms with van der Waals surface area (Å²) in [5.41, 5.74) is 2.17. The Morgan fingerprint density at radius 3 is 2.64 bits per heavy atom. The summed E-state index contributed by atoms with van der Waals surface area (Å²) in [6.45, 7) is 0. The molecule has 3 rings (SSSR count). The van der Waals surface area contributed by atoms with Crippen molar-refractivity contribution < 1.29 is 9.21 Å². The highest BCUT2D eigenvalue weighted by atomic mass is 32.2. The summed E-state index contributed by atoms with van der Waals surface area (Å²) in [6, 6.07) is 18.6. The van der Waals surface area contributed by atoms with Crippen molar-refractivity contribution in [3.8, 4) is 6.07 Å². The Bertz CT molecular complexity index is 803. The van der Waals surface area contributed by atoms with Crippen molar-refractivity contribution in [2.24, 2.45) is 0 Å². The van der Waals surface area contributed by atoms with Gasteiger partial charge in [0.25, 0.3) is 5.22 Å². The van der Waals surface area contributed by atoms with Crippen LogP contribution in [-0.2, 0) is 4.79 Å². The summed E-state index contributed by atoms with van der Waals surface area (Å²) >= 11 is 1.21. The SMILES string of the molecule is N#CC(C(=O)CSc1nc2ccccc2o1)c1ccccc1. The molecule has 22 heavy (non-hydrogen) atoms. The number of carbonyl (C=O) groups excluding carboxylic acids is 1. The van der Waals surface area contributed by atoms with Gasteiger partial charge in [-0.25, -0.2) is 4.98 Å². The summed E-state index contributed by atoms with van der Waals surface area (Å²) in [5, 5.41) is 9.69. The lowest BCUT2D eigenvalue weighted by atomic mass is 9.97. The largest absolute Gasteiger partial charge is 0.431 e. The number of fused-ring (bicyclic) bond motifs is 1. The minimum absolute atomic E-state index is 0.152. The molecule has 3 aromatic rings. The highest BCUT2D eigenvalue weighted by molar-refractivity contribution is 7.99. The fourth-order valence-electron chi connectivity index (χ4n) is 2.11. The first-order valence-corrected chi connectivity index (χ1v) is 7.72. The molecule has 0 amide bonds. The van der Waals surface area contributed by atoms with Crippen LogP contribution >= 0.6 is 11.8 Å². The molecular weight excluding hydrogens is 296 g/mol. The number of oxazole rings is 1. The number of benzene rings is 2. The predicted molar refractivity (Wildman–Crippen MR) is 84.5 cm³/mol. The van der Waals surface area contributed by atoms with E-state index in [1.54, 1.807) is 12.1 Å².